The van der Waals surface area contributed by atoms with Crippen LogP contribution < -0.4 is 0 Å². The molecule has 1 aliphatic rings. The Morgan fingerprint density at radius 3 is 2.32 bits per heavy atom. The molecule has 1 amide bonds. The third kappa shape index (κ3) is 5.32. The molecule has 2 rings (SSSR count). The second-order valence-electron chi connectivity index (χ2n) is 5.63. The van der Waals surface area contributed by atoms with E-state index < -0.39 is 36.2 Å². The van der Waals surface area contributed by atoms with Crippen LogP contribution >= 0.6 is 0 Å². The van der Waals surface area contributed by atoms with E-state index in [9.17, 15) is 22.8 Å². The van der Waals surface area contributed by atoms with E-state index in [0.717, 1.165) is 4.90 Å². The van der Waals surface area contributed by atoms with E-state index in [-0.39, 0.29) is 5.56 Å². The third-order valence-electron chi connectivity index (χ3n) is 3.88. The summed E-state index contributed by atoms with van der Waals surface area (Å²) in [5.74, 6) is -2.24. The van der Waals surface area contributed by atoms with Gasteiger partial charge in [-0.2, -0.15) is 13.2 Å². The van der Waals surface area contributed by atoms with Crippen LogP contribution in [-0.2, 0) is 14.3 Å². The van der Waals surface area contributed by atoms with Crippen LogP contribution in [0.15, 0.2) is 36.4 Å². The minimum Gasteiger partial charge on any atom is -0.480 e. The average Bonchev–Trinajstić information content (AvgIpc) is 2.57. The van der Waals surface area contributed by atoms with Gasteiger partial charge in [0.1, 0.15) is 6.54 Å². The fourth-order valence-electron chi connectivity index (χ4n) is 2.68. The van der Waals surface area contributed by atoms with Gasteiger partial charge in [0.15, 0.2) is 0 Å². The molecular formula is C17H18F3NO4. The number of carbonyl (C=O) groups excluding carboxylic acids is 1. The number of ether oxygens (including phenoxy) is 1. The summed E-state index contributed by atoms with van der Waals surface area (Å²) < 4.78 is 45.2. The maximum Gasteiger partial charge on any atom is 0.417 e. The van der Waals surface area contributed by atoms with Gasteiger partial charge in [-0.1, -0.05) is 30.3 Å². The van der Waals surface area contributed by atoms with E-state index in [1.54, 1.807) is 6.07 Å². The van der Waals surface area contributed by atoms with Crippen LogP contribution in [0.1, 0.15) is 18.4 Å². The molecule has 1 aromatic carbocycles. The molecule has 1 saturated heterocycles. The lowest BCUT2D eigenvalue weighted by Crippen LogP contribution is -2.45. The number of carboxylic acid groups (broad SMARTS) is 1. The van der Waals surface area contributed by atoms with E-state index in [2.05, 4.69) is 0 Å². The molecule has 5 nitrogen and oxygen atoms in total. The molecule has 1 aliphatic heterocycles. The lowest BCUT2D eigenvalue weighted by molar-refractivity contribution is -0.145. The number of rotatable bonds is 5. The molecule has 0 atom stereocenters. The zero-order valence-electron chi connectivity index (χ0n) is 13.3. The molecule has 0 aliphatic carbocycles. The van der Waals surface area contributed by atoms with Gasteiger partial charge in [-0.05, 0) is 18.4 Å². The van der Waals surface area contributed by atoms with Crippen LogP contribution in [0.3, 0.4) is 0 Å². The maximum absolute atomic E-state index is 13.4. The summed E-state index contributed by atoms with van der Waals surface area (Å²) in [7, 11) is 0. The van der Waals surface area contributed by atoms with E-state index >= 15 is 0 Å². The van der Waals surface area contributed by atoms with Crippen LogP contribution in [-0.4, -0.2) is 53.9 Å². The van der Waals surface area contributed by atoms with Crippen LogP contribution in [0.4, 0.5) is 13.2 Å². The molecule has 0 bridgehead atoms. The molecule has 0 aromatic heterocycles. The molecule has 25 heavy (non-hydrogen) atoms. The first-order valence-electron chi connectivity index (χ1n) is 7.73. The minimum absolute atomic E-state index is 0.148. The Bertz CT molecular complexity index is 637. The Kier molecular flexibility index (Phi) is 6.19. The normalized spacial score (nSPS) is 16.5. The largest absolute Gasteiger partial charge is 0.480 e. The van der Waals surface area contributed by atoms with Crippen LogP contribution in [0.5, 0.6) is 0 Å². The summed E-state index contributed by atoms with van der Waals surface area (Å²) in [4.78, 5) is 24.5. The van der Waals surface area contributed by atoms with Gasteiger partial charge in [0.05, 0.1) is 5.57 Å². The standard InChI is InChI=1S/C17H18F3NO4/c18-17(19,20)14(12-4-2-1-3-5-12)10-15(22)21(11-16(23)24)13-6-8-25-9-7-13/h1-5,10,13H,6-9,11H2,(H,23,24). The third-order valence-corrected chi connectivity index (χ3v) is 3.88. The first-order chi connectivity index (χ1) is 11.8. The summed E-state index contributed by atoms with van der Waals surface area (Å²) in [5, 5.41) is 9.01. The predicted octanol–water partition coefficient (Wildman–Crippen LogP) is 2.72. The minimum atomic E-state index is -4.73. The van der Waals surface area contributed by atoms with Gasteiger partial charge in [-0.25, -0.2) is 0 Å². The summed E-state index contributed by atoms with van der Waals surface area (Å²) in [6.07, 6.45) is -3.48. The lowest BCUT2D eigenvalue weighted by Gasteiger charge is -2.32. The molecule has 0 radical (unpaired) electrons. The number of halogens is 3. The highest BCUT2D eigenvalue weighted by atomic mass is 19.4. The second-order valence-corrected chi connectivity index (χ2v) is 5.63. The number of benzene rings is 1. The fourth-order valence-corrected chi connectivity index (χ4v) is 2.68. The molecule has 8 heteroatoms. The van der Waals surface area contributed by atoms with Gasteiger partial charge in [-0.15, -0.1) is 0 Å². The van der Waals surface area contributed by atoms with Gasteiger partial charge in [0.25, 0.3) is 0 Å². The molecule has 0 unspecified atom stereocenters. The lowest BCUT2D eigenvalue weighted by atomic mass is 10.0. The number of amides is 1. The van der Waals surface area contributed by atoms with Crippen molar-refractivity contribution in [3.63, 3.8) is 0 Å². The van der Waals surface area contributed by atoms with Crippen molar-refractivity contribution >= 4 is 17.4 Å². The van der Waals surface area contributed by atoms with Crippen molar-refractivity contribution in [2.75, 3.05) is 19.8 Å². The Balaban J connectivity index is 2.34. The van der Waals surface area contributed by atoms with E-state index in [4.69, 9.17) is 9.84 Å². The van der Waals surface area contributed by atoms with E-state index in [1.807, 2.05) is 0 Å². The van der Waals surface area contributed by atoms with E-state index in [0.29, 0.717) is 32.1 Å². The summed E-state index contributed by atoms with van der Waals surface area (Å²) in [6.45, 7) is 0.0190. The highest BCUT2D eigenvalue weighted by Gasteiger charge is 2.36. The smallest absolute Gasteiger partial charge is 0.417 e. The molecule has 136 valence electrons. The van der Waals surface area contributed by atoms with Crippen molar-refractivity contribution in [2.45, 2.75) is 25.1 Å². The molecule has 0 saturated carbocycles. The molecular weight excluding hydrogens is 339 g/mol. The monoisotopic (exact) mass is 357 g/mol. The molecule has 0 spiro atoms. The zero-order valence-corrected chi connectivity index (χ0v) is 13.3. The number of carboxylic acids is 1. The summed E-state index contributed by atoms with van der Waals surface area (Å²) in [5.41, 5.74) is -1.24. The summed E-state index contributed by atoms with van der Waals surface area (Å²) in [6, 6.07) is 6.49. The first kappa shape index (κ1) is 19.0. The number of carbonyl (C=O) groups is 2. The van der Waals surface area contributed by atoms with Gasteiger partial charge >= 0.3 is 12.1 Å². The number of hydrogen-bond donors (Lipinski definition) is 1. The number of allylic oxidation sites excluding steroid dienone is 1. The SMILES string of the molecule is O=C(O)CN(C(=O)C=C(c1ccccc1)C(F)(F)F)C1CCOCC1. The second kappa shape index (κ2) is 8.15. The van der Waals surface area contributed by atoms with Gasteiger partial charge < -0.3 is 14.7 Å². The van der Waals surface area contributed by atoms with Crippen molar-refractivity contribution in [3.05, 3.63) is 42.0 Å². The Morgan fingerprint density at radius 1 is 1.20 bits per heavy atom. The highest BCUT2D eigenvalue weighted by Crippen LogP contribution is 2.34. The van der Waals surface area contributed by atoms with Crippen molar-refractivity contribution < 1.29 is 32.6 Å². The predicted molar refractivity (Wildman–Crippen MR) is 83.7 cm³/mol. The maximum atomic E-state index is 13.4. The Hall–Kier alpha value is -2.35. The first-order valence-corrected chi connectivity index (χ1v) is 7.73. The molecule has 1 N–H and O–H groups in total. The van der Waals surface area contributed by atoms with Crippen molar-refractivity contribution in [3.8, 4) is 0 Å². The van der Waals surface area contributed by atoms with Gasteiger partial charge in [0.2, 0.25) is 5.91 Å². The summed E-state index contributed by atoms with van der Waals surface area (Å²) >= 11 is 0. The highest BCUT2D eigenvalue weighted by molar-refractivity contribution is 5.97. The molecule has 1 aromatic rings. The average molecular weight is 357 g/mol. The fraction of sp³-hybridized carbons (Fsp3) is 0.412. The number of alkyl halides is 3. The van der Waals surface area contributed by atoms with E-state index in [1.165, 1.54) is 24.3 Å². The van der Waals surface area contributed by atoms with Crippen molar-refractivity contribution in [1.82, 2.24) is 4.90 Å². The topological polar surface area (TPSA) is 66.8 Å². The molecule has 1 fully saturated rings. The van der Waals surface area contributed by atoms with Crippen LogP contribution in [0.2, 0.25) is 0 Å². The quantitative estimate of drug-likeness (QED) is 0.823. The van der Waals surface area contributed by atoms with Gasteiger partial charge in [0, 0.05) is 25.3 Å². The number of hydrogen-bond acceptors (Lipinski definition) is 3. The number of nitrogens with zero attached hydrogens (tertiary/aromatic N) is 1. The van der Waals surface area contributed by atoms with Gasteiger partial charge in [-0.3, -0.25) is 9.59 Å². The Morgan fingerprint density at radius 2 is 1.80 bits per heavy atom. The van der Waals surface area contributed by atoms with Crippen molar-refractivity contribution in [1.29, 1.82) is 0 Å². The zero-order chi connectivity index (χ0) is 18.4. The Labute approximate surface area is 142 Å². The van der Waals surface area contributed by atoms with Crippen molar-refractivity contribution in [2.24, 2.45) is 0 Å². The van der Waals surface area contributed by atoms with Crippen LogP contribution in [0.25, 0.3) is 5.57 Å². The molecule has 1 heterocycles. The number of aliphatic carboxylic acids is 1. The van der Waals surface area contributed by atoms with Crippen LogP contribution in [0, 0.1) is 0 Å².